The largest absolute Gasteiger partial charge is 0.462 e. The SMILES string of the molecule is CCOC(=O)c1c(Oc2ccc([N+](=O)[O-])cc2)[nH]c(C(Oc2c(C)cc(C)cc2C)=C2N=C(Oc3ccc([N+](=O)[O-])cc3)C(CC)=C2C(C)C)c1C(C)C. The second-order valence-electron chi connectivity index (χ2n) is 13.5. The quantitative estimate of drug-likeness (QED) is 0.0607. The maximum Gasteiger partial charge on any atom is 0.343 e. The van der Waals surface area contributed by atoms with E-state index in [0.29, 0.717) is 46.5 Å². The molecule has 0 radical (unpaired) electrons. The fourth-order valence-electron chi connectivity index (χ4n) is 6.59. The molecule has 2 heterocycles. The second-order valence-corrected chi connectivity index (χ2v) is 13.5. The van der Waals surface area contributed by atoms with Gasteiger partial charge in [-0.25, -0.2) is 9.79 Å². The molecule has 0 saturated carbocycles. The van der Waals surface area contributed by atoms with E-state index in [-0.39, 0.29) is 47.0 Å². The number of allylic oxidation sites excluding steroid dienone is 1. The summed E-state index contributed by atoms with van der Waals surface area (Å²) >= 11 is 0. The predicted molar refractivity (Wildman–Crippen MR) is 206 cm³/mol. The highest BCUT2D eigenvalue weighted by Gasteiger charge is 2.36. The number of nitrogens with one attached hydrogen (secondary N) is 1. The van der Waals surface area contributed by atoms with E-state index in [1.54, 1.807) is 6.92 Å². The summed E-state index contributed by atoms with van der Waals surface area (Å²) in [7, 11) is 0. The van der Waals surface area contributed by atoms with Crippen molar-refractivity contribution in [1.29, 1.82) is 0 Å². The molecular formula is C41H44N4O9. The van der Waals surface area contributed by atoms with Crippen molar-refractivity contribution in [3.63, 3.8) is 0 Å². The lowest BCUT2D eigenvalue weighted by molar-refractivity contribution is -0.385. The first-order chi connectivity index (χ1) is 25.6. The molecule has 0 atom stereocenters. The lowest BCUT2D eigenvalue weighted by atomic mass is 9.92. The fourth-order valence-corrected chi connectivity index (χ4v) is 6.59. The lowest BCUT2D eigenvalue weighted by Crippen LogP contribution is -2.11. The Kier molecular flexibility index (Phi) is 11.7. The molecule has 0 bridgehead atoms. The summed E-state index contributed by atoms with van der Waals surface area (Å²) in [5.74, 6) is 0.939. The van der Waals surface area contributed by atoms with Crippen molar-refractivity contribution in [3.05, 3.63) is 131 Å². The Morgan fingerprint density at radius 3 is 1.81 bits per heavy atom. The van der Waals surface area contributed by atoms with Crippen molar-refractivity contribution in [2.24, 2.45) is 10.9 Å². The van der Waals surface area contributed by atoms with Crippen LogP contribution in [0.1, 0.15) is 92.2 Å². The van der Waals surface area contributed by atoms with Gasteiger partial charge in [-0.15, -0.1) is 0 Å². The zero-order chi connectivity index (χ0) is 39.4. The molecule has 0 unspecified atom stereocenters. The maximum absolute atomic E-state index is 13.8. The summed E-state index contributed by atoms with van der Waals surface area (Å²) in [6, 6.07) is 15.4. The van der Waals surface area contributed by atoms with E-state index in [2.05, 4.69) is 4.98 Å². The minimum Gasteiger partial charge on any atom is -0.462 e. The topological polar surface area (TPSA) is 168 Å². The summed E-state index contributed by atoms with van der Waals surface area (Å²) < 4.78 is 25.2. The van der Waals surface area contributed by atoms with Crippen LogP contribution in [0.15, 0.2) is 82.5 Å². The first-order valence-electron chi connectivity index (χ1n) is 17.7. The number of ether oxygens (including phenoxy) is 4. The Balaban J connectivity index is 1.82. The van der Waals surface area contributed by atoms with Crippen LogP contribution in [0.2, 0.25) is 0 Å². The Bertz CT molecular complexity index is 2170. The molecule has 13 heteroatoms. The van der Waals surface area contributed by atoms with E-state index in [1.165, 1.54) is 48.5 Å². The summed E-state index contributed by atoms with van der Waals surface area (Å²) in [6.07, 6.45) is 0.545. The molecule has 5 rings (SSSR count). The number of nitro groups is 2. The highest BCUT2D eigenvalue weighted by molar-refractivity contribution is 6.02. The molecule has 0 fully saturated rings. The van der Waals surface area contributed by atoms with Crippen molar-refractivity contribution < 1.29 is 33.6 Å². The normalized spacial score (nSPS) is 13.6. The molecule has 282 valence electrons. The number of aryl methyl sites for hydroxylation is 3. The number of non-ortho nitro benzene ring substituents is 2. The number of benzene rings is 3. The average Bonchev–Trinajstić information content (AvgIpc) is 3.67. The van der Waals surface area contributed by atoms with Crippen LogP contribution in [0.4, 0.5) is 11.4 Å². The van der Waals surface area contributed by atoms with Gasteiger partial charge in [0, 0.05) is 35.4 Å². The number of rotatable bonds is 13. The number of esters is 1. The van der Waals surface area contributed by atoms with Crippen LogP contribution in [-0.2, 0) is 4.74 Å². The maximum atomic E-state index is 13.8. The number of hydrogen-bond acceptors (Lipinski definition) is 10. The third kappa shape index (κ3) is 8.04. The van der Waals surface area contributed by atoms with Gasteiger partial charge in [-0.1, -0.05) is 52.3 Å². The van der Waals surface area contributed by atoms with Gasteiger partial charge in [0.1, 0.15) is 28.5 Å². The van der Waals surface area contributed by atoms with Gasteiger partial charge in [-0.2, -0.15) is 0 Å². The monoisotopic (exact) mass is 736 g/mol. The highest BCUT2D eigenvalue weighted by Crippen LogP contribution is 2.45. The molecule has 1 aromatic heterocycles. The molecular weight excluding hydrogens is 692 g/mol. The van der Waals surface area contributed by atoms with Gasteiger partial charge < -0.3 is 23.9 Å². The van der Waals surface area contributed by atoms with Gasteiger partial charge in [0.25, 0.3) is 11.4 Å². The lowest BCUT2D eigenvalue weighted by Gasteiger charge is -2.20. The molecule has 1 N–H and O–H groups in total. The van der Waals surface area contributed by atoms with Crippen LogP contribution in [0.5, 0.6) is 23.1 Å². The van der Waals surface area contributed by atoms with Crippen molar-refractivity contribution >= 4 is 29.0 Å². The molecule has 1 aliphatic heterocycles. The van der Waals surface area contributed by atoms with Crippen LogP contribution in [0.25, 0.3) is 5.76 Å². The number of carbonyl (C=O) groups excluding carboxylic acids is 1. The van der Waals surface area contributed by atoms with Crippen molar-refractivity contribution in [2.75, 3.05) is 6.61 Å². The molecule has 1 aliphatic rings. The molecule has 4 aromatic rings. The van der Waals surface area contributed by atoms with Gasteiger partial charge in [-0.3, -0.25) is 20.2 Å². The van der Waals surface area contributed by atoms with Crippen molar-refractivity contribution in [3.8, 4) is 23.1 Å². The van der Waals surface area contributed by atoms with Gasteiger partial charge in [-0.05, 0) is 86.9 Å². The molecule has 13 nitrogen and oxygen atoms in total. The number of hydrogen-bond donors (Lipinski definition) is 1. The minimum absolute atomic E-state index is 0.0650. The fraction of sp³-hybridized carbons (Fsp3) is 0.317. The summed E-state index contributed by atoms with van der Waals surface area (Å²) in [5, 5.41) is 22.6. The third-order valence-corrected chi connectivity index (χ3v) is 8.82. The molecule has 0 spiro atoms. The molecule has 3 aromatic carbocycles. The van der Waals surface area contributed by atoms with E-state index >= 15 is 0 Å². The van der Waals surface area contributed by atoms with E-state index < -0.39 is 15.8 Å². The molecule has 0 saturated heterocycles. The number of H-pyrrole nitrogens is 1. The predicted octanol–water partition coefficient (Wildman–Crippen LogP) is 10.5. The Morgan fingerprint density at radius 2 is 1.35 bits per heavy atom. The number of aliphatic imine (C=N–C) groups is 1. The zero-order valence-corrected chi connectivity index (χ0v) is 31.9. The Hall–Kier alpha value is -6.24. The Morgan fingerprint density at radius 1 is 0.815 bits per heavy atom. The Labute approximate surface area is 313 Å². The van der Waals surface area contributed by atoms with E-state index in [4.69, 9.17) is 23.9 Å². The van der Waals surface area contributed by atoms with Gasteiger partial charge in [0.05, 0.1) is 22.1 Å². The summed E-state index contributed by atoms with van der Waals surface area (Å²) in [6.45, 7) is 17.7. The van der Waals surface area contributed by atoms with Crippen LogP contribution < -0.4 is 14.2 Å². The highest BCUT2D eigenvalue weighted by atomic mass is 16.6. The molecule has 0 amide bonds. The van der Waals surface area contributed by atoms with Crippen LogP contribution in [0, 0.1) is 46.9 Å². The van der Waals surface area contributed by atoms with Crippen LogP contribution in [0.3, 0.4) is 0 Å². The zero-order valence-electron chi connectivity index (χ0n) is 31.9. The van der Waals surface area contributed by atoms with Gasteiger partial charge >= 0.3 is 5.97 Å². The minimum atomic E-state index is -0.626. The number of aromatic amines is 1. The third-order valence-electron chi connectivity index (χ3n) is 8.82. The number of aromatic nitrogens is 1. The van der Waals surface area contributed by atoms with E-state index in [9.17, 15) is 25.0 Å². The van der Waals surface area contributed by atoms with Crippen LogP contribution >= 0.6 is 0 Å². The second kappa shape index (κ2) is 16.2. The van der Waals surface area contributed by atoms with E-state index in [0.717, 1.165) is 27.8 Å². The standard InChI is InChI=1S/C41H44N4O9/c1-10-31-32(22(3)4)35(42-39(31)52-29-16-12-27(13-17-29)44(47)48)38(54-37-25(8)20-24(7)21-26(37)9)36-33(23(5)6)34(41(46)51-11-2)40(43-36)53-30-18-14-28(15-19-30)45(49)50/h12-23,43H,10-11H2,1-9H3. The van der Waals surface area contributed by atoms with E-state index in [1.807, 2.05) is 67.5 Å². The molecule has 0 aliphatic carbocycles. The average molecular weight is 737 g/mol. The van der Waals surface area contributed by atoms with Crippen LogP contribution in [-0.4, -0.2) is 33.3 Å². The number of nitrogens with zero attached hydrogens (tertiary/aromatic N) is 3. The van der Waals surface area contributed by atoms with Gasteiger partial charge in [0.2, 0.25) is 11.8 Å². The first kappa shape index (κ1) is 39.0. The summed E-state index contributed by atoms with van der Waals surface area (Å²) in [4.78, 5) is 43.9. The summed E-state index contributed by atoms with van der Waals surface area (Å²) in [5.41, 5.74) is 5.91. The van der Waals surface area contributed by atoms with Crippen molar-refractivity contribution in [2.45, 2.75) is 74.7 Å². The smallest absolute Gasteiger partial charge is 0.343 e. The molecule has 54 heavy (non-hydrogen) atoms. The first-order valence-corrected chi connectivity index (χ1v) is 17.7. The van der Waals surface area contributed by atoms with Gasteiger partial charge in [0.15, 0.2) is 5.76 Å². The van der Waals surface area contributed by atoms with Crippen molar-refractivity contribution in [1.82, 2.24) is 4.98 Å². The number of nitro benzene ring substituents is 2. The number of carbonyl (C=O) groups is 1.